The van der Waals surface area contributed by atoms with Gasteiger partial charge in [0, 0.05) is 6.04 Å². The van der Waals surface area contributed by atoms with Crippen LogP contribution in [0.3, 0.4) is 0 Å². The molecule has 0 heterocycles. The standard InChI is InChI=1S/C12H25N/c1-4-8-13-12-7-6-11(9-12)10(3)5-2/h10-13H,4-9H2,1-3H3. The first-order valence-corrected chi connectivity index (χ1v) is 6.01. The van der Waals surface area contributed by atoms with Crippen LogP contribution in [0.4, 0.5) is 0 Å². The number of hydrogen-bond donors (Lipinski definition) is 1. The quantitative estimate of drug-likeness (QED) is 0.690. The van der Waals surface area contributed by atoms with Crippen molar-refractivity contribution in [1.82, 2.24) is 5.32 Å². The molecule has 1 nitrogen and oxygen atoms in total. The molecule has 0 aromatic heterocycles. The maximum absolute atomic E-state index is 3.64. The minimum Gasteiger partial charge on any atom is -0.314 e. The third-order valence-electron chi connectivity index (χ3n) is 3.60. The molecular formula is C12H25N. The summed E-state index contributed by atoms with van der Waals surface area (Å²) in [6, 6.07) is 0.832. The van der Waals surface area contributed by atoms with Gasteiger partial charge in [-0.15, -0.1) is 0 Å². The highest BCUT2D eigenvalue weighted by atomic mass is 14.9. The third-order valence-corrected chi connectivity index (χ3v) is 3.60. The van der Waals surface area contributed by atoms with Gasteiger partial charge in [0.25, 0.3) is 0 Å². The van der Waals surface area contributed by atoms with E-state index in [-0.39, 0.29) is 0 Å². The number of hydrogen-bond acceptors (Lipinski definition) is 1. The molecule has 1 aliphatic carbocycles. The zero-order chi connectivity index (χ0) is 9.68. The van der Waals surface area contributed by atoms with Crippen LogP contribution in [-0.4, -0.2) is 12.6 Å². The molecule has 78 valence electrons. The van der Waals surface area contributed by atoms with Gasteiger partial charge in [-0.25, -0.2) is 0 Å². The van der Waals surface area contributed by atoms with Crippen LogP contribution < -0.4 is 5.32 Å². The Hall–Kier alpha value is -0.0400. The van der Waals surface area contributed by atoms with Crippen LogP contribution in [0.1, 0.15) is 52.9 Å². The van der Waals surface area contributed by atoms with Gasteiger partial charge in [-0.1, -0.05) is 27.2 Å². The smallest absolute Gasteiger partial charge is 0.00699 e. The maximum Gasteiger partial charge on any atom is 0.00699 e. The topological polar surface area (TPSA) is 12.0 Å². The van der Waals surface area contributed by atoms with E-state index in [2.05, 4.69) is 26.1 Å². The molecule has 3 unspecified atom stereocenters. The van der Waals surface area contributed by atoms with Crippen molar-refractivity contribution < 1.29 is 0 Å². The second kappa shape index (κ2) is 5.64. The Morgan fingerprint density at radius 2 is 2.08 bits per heavy atom. The monoisotopic (exact) mass is 183 g/mol. The number of nitrogens with one attached hydrogen (secondary N) is 1. The van der Waals surface area contributed by atoms with Crippen LogP contribution in [0.2, 0.25) is 0 Å². The predicted octanol–water partition coefficient (Wildman–Crippen LogP) is 3.20. The Morgan fingerprint density at radius 1 is 1.31 bits per heavy atom. The van der Waals surface area contributed by atoms with E-state index in [1.807, 2.05) is 0 Å². The highest BCUT2D eigenvalue weighted by molar-refractivity contribution is 4.82. The normalized spacial score (nSPS) is 30.7. The van der Waals surface area contributed by atoms with Crippen LogP contribution in [0.15, 0.2) is 0 Å². The van der Waals surface area contributed by atoms with Gasteiger partial charge < -0.3 is 5.32 Å². The average molecular weight is 183 g/mol. The summed E-state index contributed by atoms with van der Waals surface area (Å²) < 4.78 is 0. The van der Waals surface area contributed by atoms with E-state index < -0.39 is 0 Å². The maximum atomic E-state index is 3.64. The lowest BCUT2D eigenvalue weighted by Gasteiger charge is -2.17. The molecule has 0 aromatic rings. The van der Waals surface area contributed by atoms with Crippen LogP contribution in [0.5, 0.6) is 0 Å². The van der Waals surface area contributed by atoms with Gasteiger partial charge in [-0.2, -0.15) is 0 Å². The summed E-state index contributed by atoms with van der Waals surface area (Å²) in [6.07, 6.45) is 6.91. The lowest BCUT2D eigenvalue weighted by molar-refractivity contribution is 0.347. The molecule has 1 heteroatoms. The molecule has 0 aliphatic heterocycles. The SMILES string of the molecule is CCCNC1CCC(C(C)CC)C1. The molecule has 0 spiro atoms. The van der Waals surface area contributed by atoms with E-state index in [9.17, 15) is 0 Å². The van der Waals surface area contributed by atoms with Crippen molar-refractivity contribution in [3.05, 3.63) is 0 Å². The Bertz CT molecular complexity index is 133. The van der Waals surface area contributed by atoms with Crippen molar-refractivity contribution >= 4 is 0 Å². The molecule has 0 bridgehead atoms. The molecule has 3 atom stereocenters. The molecule has 1 saturated carbocycles. The molecule has 0 saturated heterocycles. The van der Waals surface area contributed by atoms with Gasteiger partial charge in [0.1, 0.15) is 0 Å². The van der Waals surface area contributed by atoms with Gasteiger partial charge in [0.15, 0.2) is 0 Å². The molecular weight excluding hydrogens is 158 g/mol. The van der Waals surface area contributed by atoms with Crippen LogP contribution in [-0.2, 0) is 0 Å². The molecule has 1 N–H and O–H groups in total. The molecule has 0 radical (unpaired) electrons. The fraction of sp³-hybridized carbons (Fsp3) is 1.00. The summed E-state index contributed by atoms with van der Waals surface area (Å²) >= 11 is 0. The van der Waals surface area contributed by atoms with Gasteiger partial charge in [0.2, 0.25) is 0 Å². The average Bonchev–Trinajstić information content (AvgIpc) is 2.62. The molecule has 1 fully saturated rings. The van der Waals surface area contributed by atoms with E-state index in [0.29, 0.717) is 0 Å². The van der Waals surface area contributed by atoms with Crippen LogP contribution in [0, 0.1) is 11.8 Å². The Labute approximate surface area is 83.3 Å². The molecule has 1 rings (SSSR count). The fourth-order valence-electron chi connectivity index (χ4n) is 2.40. The van der Waals surface area contributed by atoms with Crippen molar-refractivity contribution in [3.8, 4) is 0 Å². The first-order chi connectivity index (χ1) is 6.27. The van der Waals surface area contributed by atoms with E-state index in [1.54, 1.807) is 0 Å². The lowest BCUT2D eigenvalue weighted by atomic mass is 9.90. The van der Waals surface area contributed by atoms with Crippen molar-refractivity contribution in [3.63, 3.8) is 0 Å². The van der Waals surface area contributed by atoms with Gasteiger partial charge in [-0.3, -0.25) is 0 Å². The number of rotatable bonds is 5. The van der Waals surface area contributed by atoms with E-state index >= 15 is 0 Å². The fourth-order valence-corrected chi connectivity index (χ4v) is 2.40. The lowest BCUT2D eigenvalue weighted by Crippen LogP contribution is -2.27. The van der Waals surface area contributed by atoms with E-state index in [1.165, 1.54) is 38.6 Å². The van der Waals surface area contributed by atoms with Gasteiger partial charge in [0.05, 0.1) is 0 Å². The zero-order valence-corrected chi connectivity index (χ0v) is 9.47. The first-order valence-electron chi connectivity index (χ1n) is 6.01. The van der Waals surface area contributed by atoms with Crippen molar-refractivity contribution in [2.75, 3.05) is 6.54 Å². The van der Waals surface area contributed by atoms with E-state index in [0.717, 1.165) is 17.9 Å². The Balaban J connectivity index is 2.19. The van der Waals surface area contributed by atoms with Crippen molar-refractivity contribution in [1.29, 1.82) is 0 Å². The van der Waals surface area contributed by atoms with Crippen molar-refractivity contribution in [2.24, 2.45) is 11.8 Å². The largest absolute Gasteiger partial charge is 0.314 e. The molecule has 0 amide bonds. The van der Waals surface area contributed by atoms with Crippen LogP contribution >= 0.6 is 0 Å². The summed E-state index contributed by atoms with van der Waals surface area (Å²) in [5.41, 5.74) is 0. The summed E-state index contributed by atoms with van der Waals surface area (Å²) in [5, 5.41) is 3.64. The minimum absolute atomic E-state index is 0.832. The summed E-state index contributed by atoms with van der Waals surface area (Å²) in [6.45, 7) is 8.18. The van der Waals surface area contributed by atoms with Gasteiger partial charge >= 0.3 is 0 Å². The predicted molar refractivity (Wildman–Crippen MR) is 58.9 cm³/mol. The molecule has 0 aromatic carbocycles. The highest BCUT2D eigenvalue weighted by Crippen LogP contribution is 2.32. The second-order valence-corrected chi connectivity index (χ2v) is 4.61. The second-order valence-electron chi connectivity index (χ2n) is 4.61. The summed E-state index contributed by atoms with van der Waals surface area (Å²) in [5.74, 6) is 1.94. The van der Waals surface area contributed by atoms with Crippen LogP contribution in [0.25, 0.3) is 0 Å². The summed E-state index contributed by atoms with van der Waals surface area (Å²) in [4.78, 5) is 0. The van der Waals surface area contributed by atoms with E-state index in [4.69, 9.17) is 0 Å². The Kier molecular flexibility index (Phi) is 4.79. The van der Waals surface area contributed by atoms with Crippen molar-refractivity contribution in [2.45, 2.75) is 58.9 Å². The summed E-state index contributed by atoms with van der Waals surface area (Å²) in [7, 11) is 0. The first kappa shape index (κ1) is 11.0. The highest BCUT2D eigenvalue weighted by Gasteiger charge is 2.26. The Morgan fingerprint density at radius 3 is 2.69 bits per heavy atom. The van der Waals surface area contributed by atoms with Gasteiger partial charge in [-0.05, 0) is 44.1 Å². The zero-order valence-electron chi connectivity index (χ0n) is 9.47. The molecule has 1 aliphatic rings. The molecule has 13 heavy (non-hydrogen) atoms. The minimum atomic E-state index is 0.832. The third kappa shape index (κ3) is 3.30.